The topological polar surface area (TPSA) is 46.5 Å². The summed E-state index contributed by atoms with van der Waals surface area (Å²) in [6.07, 6.45) is 5.73. The molecular weight excluding hydrogens is 192 g/mol. The van der Waals surface area contributed by atoms with Gasteiger partial charge >= 0.3 is 5.97 Å². The molecular formula is C12H18O3. The standard InChI is InChI=1S/C12H18O3/c13-11(14)12(3-4-15-7-12)10-6-8-1-2-9(10)5-8/h8-10H,1-7H2,(H,13,14). The van der Waals surface area contributed by atoms with Crippen LogP contribution in [0.5, 0.6) is 0 Å². The predicted molar refractivity (Wildman–Crippen MR) is 54.4 cm³/mol. The zero-order chi connectivity index (χ0) is 10.5. The third-order valence-electron chi connectivity index (χ3n) is 4.93. The lowest BCUT2D eigenvalue weighted by Gasteiger charge is -2.35. The van der Waals surface area contributed by atoms with E-state index in [-0.39, 0.29) is 0 Å². The summed E-state index contributed by atoms with van der Waals surface area (Å²) in [5.74, 6) is 1.28. The van der Waals surface area contributed by atoms with Crippen LogP contribution in [0.15, 0.2) is 0 Å². The number of carboxylic acid groups (broad SMARTS) is 1. The van der Waals surface area contributed by atoms with Crippen molar-refractivity contribution in [3.63, 3.8) is 0 Å². The summed E-state index contributed by atoms with van der Waals surface area (Å²) in [5.41, 5.74) is -0.528. The molecule has 3 heteroatoms. The van der Waals surface area contributed by atoms with Crippen molar-refractivity contribution in [1.29, 1.82) is 0 Å². The second-order valence-corrected chi connectivity index (χ2v) is 5.55. The molecule has 15 heavy (non-hydrogen) atoms. The molecule has 4 unspecified atom stereocenters. The van der Waals surface area contributed by atoms with Gasteiger partial charge in [0.2, 0.25) is 0 Å². The van der Waals surface area contributed by atoms with Crippen molar-refractivity contribution in [1.82, 2.24) is 0 Å². The highest BCUT2D eigenvalue weighted by Crippen LogP contribution is 2.57. The first-order valence-corrected chi connectivity index (χ1v) is 6.03. The van der Waals surface area contributed by atoms with E-state index in [4.69, 9.17) is 4.74 Å². The third-order valence-corrected chi connectivity index (χ3v) is 4.93. The van der Waals surface area contributed by atoms with Gasteiger partial charge in [-0.05, 0) is 43.4 Å². The van der Waals surface area contributed by atoms with Gasteiger partial charge in [-0.2, -0.15) is 0 Å². The van der Waals surface area contributed by atoms with E-state index in [1.165, 1.54) is 19.3 Å². The van der Waals surface area contributed by atoms with Crippen LogP contribution in [0, 0.1) is 23.2 Å². The second-order valence-electron chi connectivity index (χ2n) is 5.55. The van der Waals surface area contributed by atoms with E-state index in [1.807, 2.05) is 0 Å². The van der Waals surface area contributed by atoms with E-state index in [2.05, 4.69) is 0 Å². The zero-order valence-electron chi connectivity index (χ0n) is 8.95. The van der Waals surface area contributed by atoms with E-state index < -0.39 is 11.4 Å². The van der Waals surface area contributed by atoms with Crippen LogP contribution in [0.1, 0.15) is 32.1 Å². The average Bonchev–Trinajstić information content (AvgIpc) is 2.94. The minimum absolute atomic E-state index is 0.399. The van der Waals surface area contributed by atoms with Gasteiger partial charge in [-0.1, -0.05) is 6.42 Å². The average molecular weight is 210 g/mol. The van der Waals surface area contributed by atoms with Gasteiger partial charge in [0.05, 0.1) is 12.0 Å². The van der Waals surface area contributed by atoms with Crippen molar-refractivity contribution in [3.05, 3.63) is 0 Å². The fourth-order valence-electron chi connectivity index (χ4n) is 4.12. The Morgan fingerprint density at radius 3 is 2.67 bits per heavy atom. The first kappa shape index (κ1) is 9.64. The minimum atomic E-state index is -0.613. The van der Waals surface area contributed by atoms with Crippen molar-refractivity contribution in [2.75, 3.05) is 13.2 Å². The largest absolute Gasteiger partial charge is 0.481 e. The molecule has 84 valence electrons. The molecule has 0 aromatic carbocycles. The van der Waals surface area contributed by atoms with Crippen LogP contribution in [0.2, 0.25) is 0 Å². The van der Waals surface area contributed by atoms with Crippen LogP contribution in [0.4, 0.5) is 0 Å². The highest BCUT2D eigenvalue weighted by atomic mass is 16.5. The third kappa shape index (κ3) is 1.25. The Labute approximate surface area is 89.8 Å². The monoisotopic (exact) mass is 210 g/mol. The Morgan fingerprint density at radius 2 is 2.20 bits per heavy atom. The number of carboxylic acids is 1. The van der Waals surface area contributed by atoms with E-state index in [0.717, 1.165) is 18.8 Å². The summed E-state index contributed by atoms with van der Waals surface area (Å²) in [6, 6.07) is 0. The smallest absolute Gasteiger partial charge is 0.312 e. The molecule has 2 aliphatic carbocycles. The number of ether oxygens (including phenoxy) is 1. The van der Waals surface area contributed by atoms with Crippen molar-refractivity contribution in [2.24, 2.45) is 23.2 Å². The molecule has 1 N–H and O–H groups in total. The Bertz CT molecular complexity index is 281. The summed E-state index contributed by atoms with van der Waals surface area (Å²) >= 11 is 0. The van der Waals surface area contributed by atoms with Gasteiger partial charge in [0.1, 0.15) is 0 Å². The summed E-state index contributed by atoms with van der Waals surface area (Å²) in [6.45, 7) is 1.09. The molecule has 1 saturated heterocycles. The SMILES string of the molecule is O=C(O)C1(C2CC3CCC2C3)CCOC1. The lowest BCUT2D eigenvalue weighted by molar-refractivity contribution is -0.154. The lowest BCUT2D eigenvalue weighted by atomic mass is 9.67. The van der Waals surface area contributed by atoms with Gasteiger partial charge in [0, 0.05) is 6.61 Å². The van der Waals surface area contributed by atoms with Gasteiger partial charge in [0.25, 0.3) is 0 Å². The lowest BCUT2D eigenvalue weighted by Crippen LogP contribution is -2.41. The zero-order valence-corrected chi connectivity index (χ0v) is 8.95. The number of hydrogen-bond acceptors (Lipinski definition) is 2. The van der Waals surface area contributed by atoms with Gasteiger partial charge in [-0.3, -0.25) is 4.79 Å². The fourth-order valence-corrected chi connectivity index (χ4v) is 4.12. The minimum Gasteiger partial charge on any atom is -0.481 e. The van der Waals surface area contributed by atoms with Gasteiger partial charge < -0.3 is 9.84 Å². The van der Waals surface area contributed by atoms with E-state index in [9.17, 15) is 9.90 Å². The number of fused-ring (bicyclic) bond motifs is 2. The Balaban J connectivity index is 1.87. The Hall–Kier alpha value is -0.570. The normalized spacial score (nSPS) is 48.7. The summed E-state index contributed by atoms with van der Waals surface area (Å²) in [7, 11) is 0. The predicted octanol–water partition coefficient (Wildman–Crippen LogP) is 1.91. The molecule has 0 amide bonds. The number of hydrogen-bond donors (Lipinski definition) is 1. The summed E-state index contributed by atoms with van der Waals surface area (Å²) in [4.78, 5) is 11.5. The van der Waals surface area contributed by atoms with Crippen LogP contribution < -0.4 is 0 Å². The van der Waals surface area contributed by atoms with Crippen LogP contribution >= 0.6 is 0 Å². The maximum Gasteiger partial charge on any atom is 0.312 e. The van der Waals surface area contributed by atoms with E-state index in [0.29, 0.717) is 25.0 Å². The van der Waals surface area contributed by atoms with Gasteiger partial charge in [-0.25, -0.2) is 0 Å². The van der Waals surface area contributed by atoms with Crippen LogP contribution in [0.25, 0.3) is 0 Å². The molecule has 3 nitrogen and oxygen atoms in total. The van der Waals surface area contributed by atoms with Gasteiger partial charge in [0.15, 0.2) is 0 Å². The first-order chi connectivity index (χ1) is 7.22. The maximum absolute atomic E-state index is 11.5. The summed E-state index contributed by atoms with van der Waals surface area (Å²) < 4.78 is 5.36. The quantitative estimate of drug-likeness (QED) is 0.757. The number of carbonyl (C=O) groups is 1. The number of rotatable bonds is 2. The first-order valence-electron chi connectivity index (χ1n) is 6.03. The fraction of sp³-hybridized carbons (Fsp3) is 0.917. The summed E-state index contributed by atoms with van der Waals surface area (Å²) in [5, 5.41) is 9.47. The van der Waals surface area contributed by atoms with Crippen molar-refractivity contribution >= 4 is 5.97 Å². The van der Waals surface area contributed by atoms with Crippen LogP contribution in [-0.4, -0.2) is 24.3 Å². The van der Waals surface area contributed by atoms with Crippen molar-refractivity contribution < 1.29 is 14.6 Å². The molecule has 0 spiro atoms. The Morgan fingerprint density at radius 1 is 1.33 bits per heavy atom. The van der Waals surface area contributed by atoms with Crippen LogP contribution in [0.3, 0.4) is 0 Å². The molecule has 3 rings (SSSR count). The molecule has 0 radical (unpaired) electrons. The van der Waals surface area contributed by atoms with E-state index in [1.54, 1.807) is 0 Å². The van der Waals surface area contributed by atoms with Gasteiger partial charge in [-0.15, -0.1) is 0 Å². The molecule has 3 aliphatic rings. The highest BCUT2D eigenvalue weighted by molar-refractivity contribution is 5.75. The second kappa shape index (κ2) is 3.21. The van der Waals surface area contributed by atoms with Crippen molar-refractivity contribution in [2.45, 2.75) is 32.1 Å². The molecule has 0 aromatic rings. The molecule has 1 heterocycles. The van der Waals surface area contributed by atoms with Crippen molar-refractivity contribution in [3.8, 4) is 0 Å². The Kier molecular flexibility index (Phi) is 2.06. The highest BCUT2D eigenvalue weighted by Gasteiger charge is 2.56. The molecule has 3 fully saturated rings. The molecule has 2 bridgehead atoms. The molecule has 2 saturated carbocycles. The molecule has 0 aromatic heterocycles. The van der Waals surface area contributed by atoms with Crippen LogP contribution in [-0.2, 0) is 9.53 Å². The number of aliphatic carboxylic acids is 1. The molecule has 1 aliphatic heterocycles. The van der Waals surface area contributed by atoms with E-state index >= 15 is 0 Å². The molecule has 4 atom stereocenters. The maximum atomic E-state index is 11.5.